The number of aromatic nitrogens is 1. The average molecular weight is 336 g/mol. The highest BCUT2D eigenvalue weighted by atomic mass is 16.5. The third-order valence-electron chi connectivity index (χ3n) is 4.34. The zero-order valence-corrected chi connectivity index (χ0v) is 15.9. The Morgan fingerprint density at radius 3 is 2.32 bits per heavy atom. The molecule has 0 radical (unpaired) electrons. The maximum Gasteiger partial charge on any atom is 0.120 e. The molecule has 2 N–H and O–H groups in total. The number of nitrogen functional groups attached to an aromatic ring is 1. The minimum Gasteiger partial charge on any atom is -0.488 e. The van der Waals surface area contributed by atoms with E-state index in [0.29, 0.717) is 0 Å². The van der Waals surface area contributed by atoms with Gasteiger partial charge in [-0.05, 0) is 75.6 Å². The fraction of sp³-hybridized carbons (Fsp3) is 0.364. The van der Waals surface area contributed by atoms with Gasteiger partial charge < -0.3 is 15.0 Å². The number of hydrogen-bond acceptors (Lipinski definition) is 2. The zero-order chi connectivity index (χ0) is 18.2. The quantitative estimate of drug-likeness (QED) is 0.613. The summed E-state index contributed by atoms with van der Waals surface area (Å²) in [5, 5.41) is 1.25. The fourth-order valence-electron chi connectivity index (χ4n) is 3.39. The first kappa shape index (κ1) is 17.4. The van der Waals surface area contributed by atoms with Gasteiger partial charge in [-0.25, -0.2) is 0 Å². The lowest BCUT2D eigenvalue weighted by Crippen LogP contribution is -2.22. The smallest absolute Gasteiger partial charge is 0.120 e. The summed E-state index contributed by atoms with van der Waals surface area (Å²) in [4.78, 5) is 0. The van der Waals surface area contributed by atoms with Gasteiger partial charge in [0.2, 0.25) is 0 Å². The Kier molecular flexibility index (Phi) is 4.51. The molecule has 0 aliphatic heterocycles. The van der Waals surface area contributed by atoms with Crippen molar-refractivity contribution in [1.82, 2.24) is 4.57 Å². The zero-order valence-electron chi connectivity index (χ0n) is 15.9. The van der Waals surface area contributed by atoms with Crippen molar-refractivity contribution < 1.29 is 4.74 Å². The van der Waals surface area contributed by atoms with E-state index in [0.717, 1.165) is 24.4 Å². The second-order valence-corrected chi connectivity index (χ2v) is 7.64. The Balaban J connectivity index is 2.20. The van der Waals surface area contributed by atoms with Gasteiger partial charge in [0.25, 0.3) is 0 Å². The van der Waals surface area contributed by atoms with Gasteiger partial charge in [-0.1, -0.05) is 19.1 Å². The van der Waals surface area contributed by atoms with Gasteiger partial charge in [0.05, 0.1) is 5.69 Å². The molecule has 0 aliphatic rings. The summed E-state index contributed by atoms with van der Waals surface area (Å²) in [6.07, 6.45) is 1.09. The second kappa shape index (κ2) is 6.47. The number of nitrogens with zero attached hydrogens (tertiary/aromatic N) is 1. The summed E-state index contributed by atoms with van der Waals surface area (Å²) >= 11 is 0. The normalized spacial score (nSPS) is 11.9. The predicted molar refractivity (Wildman–Crippen MR) is 107 cm³/mol. The van der Waals surface area contributed by atoms with Gasteiger partial charge >= 0.3 is 0 Å². The van der Waals surface area contributed by atoms with Gasteiger partial charge in [0, 0.05) is 23.1 Å². The van der Waals surface area contributed by atoms with Crippen LogP contribution in [0.2, 0.25) is 0 Å². The molecule has 0 spiro atoms. The predicted octanol–water partition coefficient (Wildman–Crippen LogP) is 5.79. The Morgan fingerprint density at radius 1 is 1.04 bits per heavy atom. The van der Waals surface area contributed by atoms with Gasteiger partial charge in [-0.2, -0.15) is 0 Å². The lowest BCUT2D eigenvalue weighted by atomic mass is 10.1. The van der Waals surface area contributed by atoms with E-state index in [-0.39, 0.29) is 5.60 Å². The molecule has 0 amide bonds. The summed E-state index contributed by atoms with van der Waals surface area (Å²) in [5.74, 6) is 0.917. The Bertz CT molecular complexity index is 883. The summed E-state index contributed by atoms with van der Waals surface area (Å²) in [6.45, 7) is 11.6. The SMILES string of the molecule is CCCn1c(-c2ccc(N)cc2)c(C)c2cc(OC(C)(C)C)ccc21. The van der Waals surface area contributed by atoms with Crippen LogP contribution in [0.3, 0.4) is 0 Å². The molecule has 2 aromatic carbocycles. The van der Waals surface area contributed by atoms with Crippen molar-refractivity contribution >= 4 is 16.6 Å². The molecule has 1 heterocycles. The van der Waals surface area contributed by atoms with E-state index in [1.165, 1.54) is 27.7 Å². The monoisotopic (exact) mass is 336 g/mol. The lowest BCUT2D eigenvalue weighted by Gasteiger charge is -2.21. The van der Waals surface area contributed by atoms with E-state index < -0.39 is 0 Å². The van der Waals surface area contributed by atoms with Gasteiger partial charge in [0.15, 0.2) is 0 Å². The van der Waals surface area contributed by atoms with Crippen molar-refractivity contribution in [2.24, 2.45) is 0 Å². The van der Waals surface area contributed by atoms with E-state index in [1.807, 2.05) is 12.1 Å². The number of aryl methyl sites for hydroxylation is 2. The highest BCUT2D eigenvalue weighted by molar-refractivity contribution is 5.92. The molecule has 3 heteroatoms. The van der Waals surface area contributed by atoms with Crippen molar-refractivity contribution in [2.75, 3.05) is 5.73 Å². The Hall–Kier alpha value is -2.42. The summed E-state index contributed by atoms with van der Waals surface area (Å²) in [5.41, 5.74) is 11.5. The first-order valence-corrected chi connectivity index (χ1v) is 8.98. The van der Waals surface area contributed by atoms with Gasteiger partial charge in [0.1, 0.15) is 11.4 Å². The van der Waals surface area contributed by atoms with Gasteiger partial charge in [-0.15, -0.1) is 0 Å². The lowest BCUT2D eigenvalue weighted by molar-refractivity contribution is 0.131. The second-order valence-electron chi connectivity index (χ2n) is 7.64. The fourth-order valence-corrected chi connectivity index (χ4v) is 3.39. The Morgan fingerprint density at radius 2 is 1.72 bits per heavy atom. The molecule has 0 fully saturated rings. The molecule has 1 aromatic heterocycles. The van der Waals surface area contributed by atoms with E-state index in [4.69, 9.17) is 10.5 Å². The van der Waals surface area contributed by atoms with Crippen LogP contribution >= 0.6 is 0 Å². The van der Waals surface area contributed by atoms with E-state index in [9.17, 15) is 0 Å². The Labute approximate surface area is 150 Å². The molecule has 0 aliphatic carbocycles. The third kappa shape index (κ3) is 3.51. The molecule has 0 bridgehead atoms. The maximum atomic E-state index is 6.07. The van der Waals surface area contributed by atoms with Crippen LogP contribution in [0.25, 0.3) is 22.2 Å². The van der Waals surface area contributed by atoms with Crippen molar-refractivity contribution in [3.8, 4) is 17.0 Å². The molecule has 0 saturated carbocycles. The largest absolute Gasteiger partial charge is 0.488 e. The molecule has 3 nitrogen and oxygen atoms in total. The van der Waals surface area contributed by atoms with E-state index in [2.05, 4.69) is 69.5 Å². The molecular weight excluding hydrogens is 308 g/mol. The van der Waals surface area contributed by atoms with Gasteiger partial charge in [-0.3, -0.25) is 0 Å². The van der Waals surface area contributed by atoms with Crippen molar-refractivity contribution in [2.45, 2.75) is 53.2 Å². The van der Waals surface area contributed by atoms with Crippen molar-refractivity contribution in [3.63, 3.8) is 0 Å². The highest BCUT2D eigenvalue weighted by Crippen LogP contribution is 2.36. The molecule has 0 atom stereocenters. The van der Waals surface area contributed by atoms with Crippen LogP contribution in [0.5, 0.6) is 5.75 Å². The van der Waals surface area contributed by atoms with E-state index in [1.54, 1.807) is 0 Å². The number of benzene rings is 2. The summed E-state index contributed by atoms with van der Waals surface area (Å²) < 4.78 is 8.48. The highest BCUT2D eigenvalue weighted by Gasteiger charge is 2.18. The standard InChI is InChI=1S/C22H28N2O/c1-6-13-24-20-12-11-18(25-22(3,4)5)14-19(20)15(2)21(24)16-7-9-17(23)10-8-16/h7-12,14H,6,13,23H2,1-5H3. The number of hydrogen-bond donors (Lipinski definition) is 1. The van der Waals surface area contributed by atoms with Crippen molar-refractivity contribution in [3.05, 3.63) is 48.0 Å². The summed E-state index contributed by atoms with van der Waals surface area (Å²) in [7, 11) is 0. The van der Waals surface area contributed by atoms with Crippen LogP contribution in [0, 0.1) is 6.92 Å². The third-order valence-corrected chi connectivity index (χ3v) is 4.34. The summed E-state index contributed by atoms with van der Waals surface area (Å²) in [6, 6.07) is 14.6. The maximum absolute atomic E-state index is 6.07. The number of rotatable bonds is 4. The van der Waals surface area contributed by atoms with Crippen LogP contribution in [-0.2, 0) is 6.54 Å². The molecule has 3 aromatic rings. The van der Waals surface area contributed by atoms with Crippen LogP contribution in [0.1, 0.15) is 39.7 Å². The topological polar surface area (TPSA) is 40.2 Å². The van der Waals surface area contributed by atoms with Crippen LogP contribution in [0.15, 0.2) is 42.5 Å². The molecule has 3 rings (SSSR count). The average Bonchev–Trinajstić information content (AvgIpc) is 2.80. The first-order chi connectivity index (χ1) is 11.8. The molecule has 25 heavy (non-hydrogen) atoms. The van der Waals surface area contributed by atoms with E-state index >= 15 is 0 Å². The molecular formula is C22H28N2O. The molecule has 132 valence electrons. The number of ether oxygens (including phenoxy) is 1. The molecule has 0 saturated heterocycles. The molecule has 0 unspecified atom stereocenters. The van der Waals surface area contributed by atoms with Crippen LogP contribution in [-0.4, -0.2) is 10.2 Å². The number of anilines is 1. The minimum atomic E-state index is -0.201. The minimum absolute atomic E-state index is 0.201. The number of fused-ring (bicyclic) bond motifs is 1. The first-order valence-electron chi connectivity index (χ1n) is 8.98. The van der Waals surface area contributed by atoms with Crippen LogP contribution < -0.4 is 10.5 Å². The van der Waals surface area contributed by atoms with Crippen LogP contribution in [0.4, 0.5) is 5.69 Å². The van der Waals surface area contributed by atoms with Crippen molar-refractivity contribution in [1.29, 1.82) is 0 Å². The number of nitrogens with two attached hydrogens (primary N) is 1.